The Morgan fingerprint density at radius 1 is 0.694 bits per heavy atom. The predicted molar refractivity (Wildman–Crippen MR) is 359 cm³/mol. The minimum absolute atomic E-state index is 0.0163. The molecule has 31 heteroatoms. The van der Waals surface area contributed by atoms with E-state index in [2.05, 4.69) is 71.1 Å². The number of morpholine rings is 1. The maximum Gasteiger partial charge on any atom is 0.320 e. The van der Waals surface area contributed by atoms with Crippen LogP contribution in [-0.4, -0.2) is 244 Å². The molecule has 1 aromatic heterocycles. The van der Waals surface area contributed by atoms with E-state index in [1.807, 2.05) is 17.0 Å². The number of nitrogens with two attached hydrogens (primary N) is 2. The van der Waals surface area contributed by atoms with Crippen LogP contribution < -0.4 is 67.6 Å². The minimum atomic E-state index is -1.73. The van der Waals surface area contributed by atoms with Crippen LogP contribution in [0.15, 0.2) is 36.8 Å². The summed E-state index contributed by atoms with van der Waals surface area (Å²) in [6, 6.07) is -1.58. The van der Waals surface area contributed by atoms with Gasteiger partial charge in [-0.05, 0) is 129 Å². The highest BCUT2D eigenvalue weighted by Crippen LogP contribution is 2.49. The van der Waals surface area contributed by atoms with Crippen LogP contribution in [0.25, 0.3) is 0 Å². The SMILES string of the molecule is CCC1CN2CCc3cc(OC)c(OC)cc3C2CC1CC1c2cc(OC)c(OC)cc2CCN1C(=O)N(C)CCNC(=O)C(CCC(N)=O)NC(=O)[C@H](CC(C)C)NC(=O)[C@H](CCCCN)NC(=O)[C@H](CO)NC(=O)[C@H](CO)NC(=O)[C@H](Cc1c[nH]cn1)NC(=O)N1CCOCC1. The molecule has 0 bridgehead atoms. The fourth-order valence-corrected chi connectivity index (χ4v) is 13.4. The fraction of sp³-hybridized carbons (Fsp3) is 0.642. The normalized spacial score (nSPS) is 19.3. The maximum atomic E-state index is 15.0. The zero-order chi connectivity index (χ0) is 71.2. The standard InChI is InChI=1S/C67H103N15O16/c1-9-40-35-81-19-15-41-29-55(94-5)57(96-7)32-45(41)53(81)27-43(40)28-54-46-33-58(97-8)56(95-6)30-42(46)16-20-82(54)67(93)79(4)21-18-71-60(86)48(13-14-59(69)85)74-62(88)49(26-39(2)3)75-61(87)47(12-10-11-17-68)73-64(90)51(36-83)77-65(91)52(37-84)76-63(89)50(31-44-34-70-38-72-44)78-66(92)80-22-24-98-25-23-80/h29-30,32-34,38-40,43,47-54,83-84H,9-28,31,35-37,68H2,1-8H3,(H2,69,85)(H,70,72)(H,71,86)(H,73,90)(H,74,88)(H,75,87)(H,76,89)(H,77,91)(H,78,92)/t40?,43?,47-,48?,49-,50-,51-,52-,53?,54?/m0/s1. The van der Waals surface area contributed by atoms with Crippen LogP contribution in [0.3, 0.4) is 0 Å². The number of carbonyl (C=O) groups excluding carboxylic acids is 9. The van der Waals surface area contributed by atoms with E-state index in [0.717, 1.165) is 43.5 Å². The summed E-state index contributed by atoms with van der Waals surface area (Å²) in [5.74, 6) is -3.20. The zero-order valence-corrected chi connectivity index (χ0v) is 57.8. The first-order valence-electron chi connectivity index (χ1n) is 33.9. The van der Waals surface area contributed by atoms with Gasteiger partial charge in [-0.2, -0.15) is 0 Å². The van der Waals surface area contributed by atoms with Gasteiger partial charge >= 0.3 is 12.1 Å². The number of hydrogen-bond donors (Lipinski definition) is 12. The number of amides is 11. The topological polar surface area (TPSA) is 418 Å². The number of benzene rings is 2. The second kappa shape index (κ2) is 37.4. The van der Waals surface area contributed by atoms with Crippen molar-refractivity contribution in [2.45, 2.75) is 146 Å². The van der Waals surface area contributed by atoms with E-state index in [4.69, 9.17) is 35.2 Å². The van der Waals surface area contributed by atoms with E-state index in [1.54, 1.807) is 54.2 Å². The Morgan fingerprint density at radius 2 is 1.24 bits per heavy atom. The van der Waals surface area contributed by atoms with Crippen LogP contribution >= 0.6 is 0 Å². The van der Waals surface area contributed by atoms with Crippen molar-refractivity contribution in [3.05, 3.63) is 64.7 Å². The molecule has 0 aliphatic carbocycles. The van der Waals surface area contributed by atoms with Gasteiger partial charge in [0.25, 0.3) is 0 Å². The Bertz CT molecular complexity index is 3190. The fourth-order valence-electron chi connectivity index (χ4n) is 13.4. The number of fused-ring (bicyclic) bond motifs is 4. The number of imidazole rings is 1. The van der Waals surface area contributed by atoms with Crippen molar-refractivity contribution >= 4 is 53.4 Å². The monoisotopic (exact) mass is 1370 g/mol. The lowest BCUT2D eigenvalue weighted by atomic mass is 9.72. The zero-order valence-electron chi connectivity index (χ0n) is 57.8. The molecule has 98 heavy (non-hydrogen) atoms. The van der Waals surface area contributed by atoms with Crippen molar-refractivity contribution in [2.75, 3.05) is 114 Å². The number of rotatable bonds is 35. The number of aliphatic hydroxyl groups is 2. The minimum Gasteiger partial charge on any atom is -0.493 e. The predicted octanol–water partition coefficient (Wildman–Crippen LogP) is 0.0492. The van der Waals surface area contributed by atoms with Gasteiger partial charge in [-0.15, -0.1) is 0 Å². The van der Waals surface area contributed by atoms with Gasteiger partial charge in [0.15, 0.2) is 23.0 Å². The highest BCUT2D eigenvalue weighted by Gasteiger charge is 2.43. The summed E-state index contributed by atoms with van der Waals surface area (Å²) in [4.78, 5) is 139. The second-order valence-corrected chi connectivity index (χ2v) is 25.9. The quantitative estimate of drug-likeness (QED) is 0.0346. The molecule has 0 saturated carbocycles. The van der Waals surface area contributed by atoms with Crippen LogP contribution in [0, 0.1) is 17.8 Å². The molecule has 10 atom stereocenters. The van der Waals surface area contributed by atoms with Gasteiger partial charge in [0.05, 0.1) is 72.9 Å². The van der Waals surface area contributed by atoms with E-state index >= 15 is 0 Å². The van der Waals surface area contributed by atoms with Gasteiger partial charge < -0.3 is 102 Å². The second-order valence-electron chi connectivity index (χ2n) is 25.9. The number of nitrogens with one attached hydrogen (secondary N) is 8. The first-order chi connectivity index (χ1) is 47.1. The molecule has 3 aromatic rings. The van der Waals surface area contributed by atoms with Crippen LogP contribution in [-0.2, 0) is 57.6 Å². The Labute approximate surface area is 572 Å². The average Bonchev–Trinajstić information content (AvgIpc) is 0.780. The molecule has 4 aliphatic heterocycles. The molecule has 0 spiro atoms. The Morgan fingerprint density at radius 3 is 1.82 bits per heavy atom. The largest absolute Gasteiger partial charge is 0.493 e. The number of H-pyrrole nitrogens is 1. The van der Waals surface area contributed by atoms with Crippen molar-refractivity contribution in [3.63, 3.8) is 0 Å². The number of carbonyl (C=O) groups is 9. The third kappa shape index (κ3) is 20.5. The lowest BCUT2D eigenvalue weighted by Crippen LogP contribution is -2.61. The van der Waals surface area contributed by atoms with Crippen LogP contribution in [0.4, 0.5) is 9.59 Å². The Balaban J connectivity index is 1.00. The number of nitrogens with zero attached hydrogens (tertiary/aromatic N) is 5. The van der Waals surface area contributed by atoms with Gasteiger partial charge in [0, 0.05) is 77.9 Å². The molecule has 5 heterocycles. The Kier molecular flexibility index (Phi) is 29.4. The number of primary amides is 1. The number of unbranched alkanes of at least 4 members (excludes halogenated alkanes) is 1. The molecule has 5 unspecified atom stereocenters. The van der Waals surface area contributed by atoms with E-state index in [0.29, 0.717) is 80.1 Å². The molecule has 2 fully saturated rings. The highest BCUT2D eigenvalue weighted by atomic mass is 16.5. The van der Waals surface area contributed by atoms with Crippen molar-refractivity contribution in [3.8, 4) is 23.0 Å². The number of urea groups is 2. The molecule has 2 saturated heterocycles. The molecule has 4 aliphatic rings. The number of methoxy groups -OCH3 is 4. The van der Waals surface area contributed by atoms with Crippen molar-refractivity contribution in [1.82, 2.24) is 66.8 Å². The number of aromatic amines is 1. The first kappa shape index (κ1) is 76.8. The summed E-state index contributed by atoms with van der Waals surface area (Å²) in [6.07, 6.45) is 6.96. The molecule has 11 amide bonds. The molecule has 0 radical (unpaired) electrons. The van der Waals surface area contributed by atoms with Crippen molar-refractivity contribution < 1.29 is 77.0 Å². The van der Waals surface area contributed by atoms with Gasteiger partial charge in [0.1, 0.15) is 36.3 Å². The smallest absolute Gasteiger partial charge is 0.320 e. The van der Waals surface area contributed by atoms with E-state index in [1.165, 1.54) is 28.6 Å². The van der Waals surface area contributed by atoms with Gasteiger partial charge in [-0.25, -0.2) is 14.6 Å². The lowest BCUT2D eigenvalue weighted by Gasteiger charge is -2.49. The van der Waals surface area contributed by atoms with Crippen LogP contribution in [0.5, 0.6) is 23.0 Å². The lowest BCUT2D eigenvalue weighted by molar-refractivity contribution is -0.136. The molecular weight excluding hydrogens is 1270 g/mol. The molecule has 31 nitrogen and oxygen atoms in total. The maximum absolute atomic E-state index is 15.0. The number of hydrogen-bond acceptors (Lipinski definition) is 19. The summed E-state index contributed by atoms with van der Waals surface area (Å²) < 4.78 is 28.4. The van der Waals surface area contributed by atoms with E-state index in [-0.39, 0.29) is 94.8 Å². The van der Waals surface area contributed by atoms with Crippen LogP contribution in [0.1, 0.15) is 119 Å². The van der Waals surface area contributed by atoms with E-state index < -0.39 is 96.8 Å². The number of aromatic nitrogens is 2. The molecule has 7 rings (SSSR count). The third-order valence-electron chi connectivity index (χ3n) is 18.9. The van der Waals surface area contributed by atoms with Crippen molar-refractivity contribution in [1.29, 1.82) is 0 Å². The highest BCUT2D eigenvalue weighted by molar-refractivity contribution is 5.97. The number of ether oxygens (including phenoxy) is 5. The van der Waals surface area contributed by atoms with Crippen LogP contribution in [0.2, 0.25) is 0 Å². The first-order valence-corrected chi connectivity index (χ1v) is 33.9. The summed E-state index contributed by atoms with van der Waals surface area (Å²) in [5.41, 5.74) is 16.3. The molecular formula is C67H103N15O16. The third-order valence-corrected chi connectivity index (χ3v) is 18.9. The van der Waals surface area contributed by atoms with E-state index in [9.17, 15) is 53.4 Å². The summed E-state index contributed by atoms with van der Waals surface area (Å²) >= 11 is 0. The van der Waals surface area contributed by atoms with Gasteiger partial charge in [0.2, 0.25) is 41.4 Å². The summed E-state index contributed by atoms with van der Waals surface area (Å²) in [6.45, 7) is 7.44. The molecule has 14 N–H and O–H groups in total. The number of piperidine rings is 1. The Hall–Kier alpha value is -8.52. The number of aliphatic hydroxyl groups excluding tert-OH is 2. The van der Waals surface area contributed by atoms with Gasteiger partial charge in [-0.3, -0.25) is 38.5 Å². The molecule has 542 valence electrons. The average molecular weight is 1370 g/mol. The van der Waals surface area contributed by atoms with Crippen molar-refractivity contribution in [2.24, 2.45) is 29.2 Å². The number of likely N-dealkylation sites (N-methyl/N-ethyl adjacent to an activating group) is 1. The van der Waals surface area contributed by atoms with Gasteiger partial charge in [-0.1, -0.05) is 27.2 Å². The summed E-state index contributed by atoms with van der Waals surface area (Å²) in [7, 11) is 8.14. The molecule has 2 aromatic carbocycles. The summed E-state index contributed by atoms with van der Waals surface area (Å²) in [5, 5.41) is 38.9.